The second-order valence-electron chi connectivity index (χ2n) is 4.17. The average molecular weight is 271 g/mol. The van der Waals surface area contributed by atoms with Gasteiger partial charge in [-0.05, 0) is 23.8 Å². The van der Waals surface area contributed by atoms with Gasteiger partial charge in [0.15, 0.2) is 0 Å². The van der Waals surface area contributed by atoms with Crippen LogP contribution in [0.2, 0.25) is 0 Å². The van der Waals surface area contributed by atoms with Gasteiger partial charge in [0, 0.05) is 12.2 Å². The molecule has 0 heterocycles. The first-order valence-electron chi connectivity index (χ1n) is 5.97. The molecule has 0 radical (unpaired) electrons. The smallest absolute Gasteiger partial charge is 0.337 e. The maximum Gasteiger partial charge on any atom is 0.337 e. The van der Waals surface area contributed by atoms with Crippen molar-refractivity contribution in [2.24, 2.45) is 0 Å². The molecule has 2 aromatic rings. The third-order valence-electron chi connectivity index (χ3n) is 2.87. The Morgan fingerprint density at radius 2 is 1.40 bits per heavy atom. The van der Waals surface area contributed by atoms with Crippen molar-refractivity contribution in [2.45, 2.75) is 6.54 Å². The van der Waals surface area contributed by atoms with Gasteiger partial charge < -0.3 is 15.5 Å². The van der Waals surface area contributed by atoms with E-state index in [9.17, 15) is 9.59 Å². The van der Waals surface area contributed by atoms with Crippen molar-refractivity contribution in [2.75, 3.05) is 5.32 Å². The molecule has 0 saturated heterocycles. The van der Waals surface area contributed by atoms with Gasteiger partial charge in [0.2, 0.25) is 0 Å². The number of hydrogen-bond donors (Lipinski definition) is 3. The summed E-state index contributed by atoms with van der Waals surface area (Å²) in [4.78, 5) is 22.2. The fraction of sp³-hybridized carbons (Fsp3) is 0.0667. The van der Waals surface area contributed by atoms with Crippen LogP contribution in [-0.4, -0.2) is 22.2 Å². The summed E-state index contributed by atoms with van der Waals surface area (Å²) < 4.78 is 0. The number of carboxylic acid groups (broad SMARTS) is 2. The van der Waals surface area contributed by atoms with Crippen LogP contribution < -0.4 is 5.32 Å². The number of anilines is 1. The summed E-state index contributed by atoms with van der Waals surface area (Å²) in [7, 11) is 0. The van der Waals surface area contributed by atoms with Gasteiger partial charge in [-0.2, -0.15) is 0 Å². The fourth-order valence-electron chi connectivity index (χ4n) is 1.90. The van der Waals surface area contributed by atoms with Gasteiger partial charge in [0.1, 0.15) is 0 Å². The van der Waals surface area contributed by atoms with Crippen molar-refractivity contribution in [1.82, 2.24) is 0 Å². The lowest BCUT2D eigenvalue weighted by molar-refractivity contribution is 0.0685. The highest BCUT2D eigenvalue weighted by Crippen LogP contribution is 2.17. The summed E-state index contributed by atoms with van der Waals surface area (Å²) in [6, 6.07) is 13.1. The molecule has 0 unspecified atom stereocenters. The van der Waals surface area contributed by atoms with Gasteiger partial charge in [0.05, 0.1) is 11.1 Å². The van der Waals surface area contributed by atoms with Crippen molar-refractivity contribution in [3.63, 3.8) is 0 Å². The Labute approximate surface area is 115 Å². The Morgan fingerprint density at radius 3 is 2.05 bits per heavy atom. The maximum absolute atomic E-state index is 11.1. The van der Waals surface area contributed by atoms with Gasteiger partial charge in [-0.25, -0.2) is 9.59 Å². The molecule has 0 atom stereocenters. The van der Waals surface area contributed by atoms with E-state index < -0.39 is 11.9 Å². The SMILES string of the molecule is O=C(O)c1ccccc1CNc1ccccc1C(=O)O. The largest absolute Gasteiger partial charge is 0.478 e. The van der Waals surface area contributed by atoms with Crippen LogP contribution in [0.15, 0.2) is 48.5 Å². The molecule has 20 heavy (non-hydrogen) atoms. The molecule has 0 spiro atoms. The lowest BCUT2D eigenvalue weighted by atomic mass is 10.1. The minimum atomic E-state index is -1.03. The average Bonchev–Trinajstić information content (AvgIpc) is 2.45. The number of hydrogen-bond acceptors (Lipinski definition) is 3. The van der Waals surface area contributed by atoms with Gasteiger partial charge in [-0.3, -0.25) is 0 Å². The number of benzene rings is 2. The third kappa shape index (κ3) is 2.95. The molecule has 3 N–H and O–H groups in total. The predicted molar refractivity (Wildman–Crippen MR) is 74.1 cm³/mol. The van der Waals surface area contributed by atoms with Crippen LogP contribution in [0.5, 0.6) is 0 Å². The topological polar surface area (TPSA) is 86.6 Å². The Morgan fingerprint density at radius 1 is 0.850 bits per heavy atom. The van der Waals surface area contributed by atoms with Gasteiger partial charge in [-0.1, -0.05) is 30.3 Å². The predicted octanol–water partition coefficient (Wildman–Crippen LogP) is 2.70. The Balaban J connectivity index is 2.22. The lowest BCUT2D eigenvalue weighted by Gasteiger charge is -2.11. The second kappa shape index (κ2) is 5.88. The highest BCUT2D eigenvalue weighted by Gasteiger charge is 2.11. The number of carbonyl (C=O) groups is 2. The minimum absolute atomic E-state index is 0.153. The van der Waals surface area contributed by atoms with E-state index in [0.717, 1.165) is 0 Å². The highest BCUT2D eigenvalue weighted by atomic mass is 16.4. The summed E-state index contributed by atoms with van der Waals surface area (Å²) in [5, 5.41) is 21.1. The molecule has 0 aliphatic rings. The van der Waals surface area contributed by atoms with Crippen LogP contribution in [-0.2, 0) is 6.54 Å². The molecule has 5 heteroatoms. The van der Waals surface area contributed by atoms with Crippen LogP contribution >= 0.6 is 0 Å². The molecule has 0 bridgehead atoms. The van der Waals surface area contributed by atoms with E-state index in [2.05, 4.69) is 5.32 Å². The van der Waals surface area contributed by atoms with Crippen LogP contribution in [0.1, 0.15) is 26.3 Å². The Kier molecular flexibility index (Phi) is 4.00. The molecule has 0 aliphatic carbocycles. The first-order valence-corrected chi connectivity index (χ1v) is 5.97. The number of para-hydroxylation sites is 1. The van der Waals surface area contributed by atoms with Gasteiger partial charge >= 0.3 is 11.9 Å². The Hall–Kier alpha value is -2.82. The molecule has 2 aromatic carbocycles. The monoisotopic (exact) mass is 271 g/mol. The molecule has 2 rings (SSSR count). The molecule has 0 aromatic heterocycles. The van der Waals surface area contributed by atoms with Crippen molar-refractivity contribution in [1.29, 1.82) is 0 Å². The molecular formula is C15H13NO4. The normalized spacial score (nSPS) is 10.0. The zero-order valence-electron chi connectivity index (χ0n) is 10.5. The van der Waals surface area contributed by atoms with Crippen molar-refractivity contribution < 1.29 is 19.8 Å². The van der Waals surface area contributed by atoms with E-state index in [1.54, 1.807) is 36.4 Å². The zero-order chi connectivity index (χ0) is 14.5. The van der Waals surface area contributed by atoms with E-state index in [1.807, 2.05) is 0 Å². The number of aromatic carboxylic acids is 2. The van der Waals surface area contributed by atoms with Crippen molar-refractivity contribution in [3.05, 3.63) is 65.2 Å². The second-order valence-corrected chi connectivity index (χ2v) is 4.17. The molecule has 5 nitrogen and oxygen atoms in total. The number of carboxylic acids is 2. The van der Waals surface area contributed by atoms with E-state index >= 15 is 0 Å². The summed E-state index contributed by atoms with van der Waals surface area (Å²) >= 11 is 0. The quantitative estimate of drug-likeness (QED) is 0.778. The lowest BCUT2D eigenvalue weighted by Crippen LogP contribution is -2.09. The Bertz CT molecular complexity index is 594. The zero-order valence-corrected chi connectivity index (χ0v) is 10.5. The first-order chi connectivity index (χ1) is 9.59. The summed E-state index contributed by atoms with van der Waals surface area (Å²) in [6.45, 7) is 0.243. The first kappa shape index (κ1) is 13.6. The van der Waals surface area contributed by atoms with Crippen molar-refractivity contribution >= 4 is 17.6 Å². The highest BCUT2D eigenvalue weighted by molar-refractivity contribution is 5.94. The maximum atomic E-state index is 11.1. The van der Waals surface area contributed by atoms with Crippen LogP contribution in [0.4, 0.5) is 5.69 Å². The molecule has 0 saturated carbocycles. The van der Waals surface area contributed by atoms with E-state index in [4.69, 9.17) is 10.2 Å². The number of nitrogens with one attached hydrogen (secondary N) is 1. The molecule has 102 valence electrons. The summed E-state index contributed by atoms with van der Waals surface area (Å²) in [6.07, 6.45) is 0. The summed E-state index contributed by atoms with van der Waals surface area (Å²) in [5.74, 6) is -2.03. The molecular weight excluding hydrogens is 258 g/mol. The van der Waals surface area contributed by atoms with Gasteiger partial charge in [0.25, 0.3) is 0 Å². The molecule has 0 amide bonds. The van der Waals surface area contributed by atoms with E-state index in [0.29, 0.717) is 11.3 Å². The fourth-order valence-corrected chi connectivity index (χ4v) is 1.90. The standard InChI is InChI=1S/C15H13NO4/c17-14(18)11-6-2-1-5-10(11)9-16-13-8-4-3-7-12(13)15(19)20/h1-8,16H,9H2,(H,17,18)(H,19,20). The third-order valence-corrected chi connectivity index (χ3v) is 2.87. The van der Waals surface area contributed by atoms with E-state index in [-0.39, 0.29) is 17.7 Å². The van der Waals surface area contributed by atoms with Crippen LogP contribution in [0, 0.1) is 0 Å². The van der Waals surface area contributed by atoms with Crippen LogP contribution in [0.25, 0.3) is 0 Å². The minimum Gasteiger partial charge on any atom is -0.478 e. The molecule has 0 fully saturated rings. The van der Waals surface area contributed by atoms with Gasteiger partial charge in [-0.15, -0.1) is 0 Å². The van der Waals surface area contributed by atoms with Crippen molar-refractivity contribution in [3.8, 4) is 0 Å². The summed E-state index contributed by atoms with van der Waals surface area (Å²) in [5.41, 5.74) is 1.41. The van der Waals surface area contributed by atoms with Crippen LogP contribution in [0.3, 0.4) is 0 Å². The number of rotatable bonds is 5. The molecule has 0 aliphatic heterocycles. The van der Waals surface area contributed by atoms with E-state index in [1.165, 1.54) is 12.1 Å².